The molecule has 6 heteroatoms. The first kappa shape index (κ1) is 11.8. The first-order valence-corrected chi connectivity index (χ1v) is 5.49. The van der Waals surface area contributed by atoms with Crippen LogP contribution in [0.2, 0.25) is 0 Å². The van der Waals surface area contributed by atoms with E-state index in [1.807, 2.05) is 0 Å². The third kappa shape index (κ3) is 2.37. The largest absolute Gasteiger partial charge is 0.379 e. The first-order valence-electron chi connectivity index (χ1n) is 5.49. The molecule has 1 atom stereocenters. The van der Waals surface area contributed by atoms with Gasteiger partial charge in [0.1, 0.15) is 0 Å². The zero-order chi connectivity index (χ0) is 12.3. The minimum Gasteiger partial charge on any atom is -0.379 e. The Labute approximate surface area is 99.7 Å². The number of hydrogen-bond donors (Lipinski definition) is 2. The van der Waals surface area contributed by atoms with Crippen LogP contribution in [-0.2, 0) is 4.74 Å². The second kappa shape index (κ2) is 5.11. The fourth-order valence-electron chi connectivity index (χ4n) is 1.87. The number of anilines is 1. The monoisotopic (exact) mass is 236 g/mol. The topological polar surface area (TPSA) is 80.5 Å². The van der Waals surface area contributed by atoms with E-state index in [-0.39, 0.29) is 11.9 Å². The maximum absolute atomic E-state index is 12.2. The summed E-state index contributed by atoms with van der Waals surface area (Å²) in [6, 6.07) is 1.81. The van der Waals surface area contributed by atoms with Crippen molar-refractivity contribution in [1.29, 1.82) is 0 Å². The quantitative estimate of drug-likeness (QED) is 0.580. The van der Waals surface area contributed by atoms with Gasteiger partial charge in [-0.15, -0.1) is 0 Å². The van der Waals surface area contributed by atoms with Crippen LogP contribution >= 0.6 is 0 Å². The summed E-state index contributed by atoms with van der Waals surface area (Å²) in [6.45, 7) is 1.30. The molecule has 1 aliphatic rings. The number of aromatic nitrogens is 1. The second-order valence-corrected chi connectivity index (χ2v) is 4.00. The number of hydrogen-bond acceptors (Lipinski definition) is 5. The van der Waals surface area contributed by atoms with Crippen molar-refractivity contribution in [3.8, 4) is 0 Å². The van der Waals surface area contributed by atoms with E-state index in [2.05, 4.69) is 10.4 Å². The Morgan fingerprint density at radius 2 is 2.53 bits per heavy atom. The number of nitrogens with two attached hydrogens (primary N) is 1. The van der Waals surface area contributed by atoms with Crippen LogP contribution in [0, 0.1) is 0 Å². The van der Waals surface area contributed by atoms with Crippen LogP contribution in [0.15, 0.2) is 18.5 Å². The lowest BCUT2D eigenvalue weighted by molar-refractivity contribution is 0.0712. The van der Waals surface area contributed by atoms with Crippen molar-refractivity contribution in [2.75, 3.05) is 25.7 Å². The van der Waals surface area contributed by atoms with Crippen molar-refractivity contribution in [2.24, 2.45) is 5.84 Å². The van der Waals surface area contributed by atoms with E-state index in [9.17, 15) is 4.79 Å². The zero-order valence-electron chi connectivity index (χ0n) is 9.72. The summed E-state index contributed by atoms with van der Waals surface area (Å²) >= 11 is 0. The van der Waals surface area contributed by atoms with E-state index in [1.54, 1.807) is 24.2 Å². The SMILES string of the molecule is CN(C(=O)c1cnccc1NN)C1CCOC1. The maximum atomic E-state index is 12.2. The molecule has 92 valence electrons. The lowest BCUT2D eigenvalue weighted by atomic mass is 10.1. The van der Waals surface area contributed by atoms with Gasteiger partial charge in [0, 0.05) is 26.0 Å². The van der Waals surface area contributed by atoms with Gasteiger partial charge in [-0.05, 0) is 12.5 Å². The Balaban J connectivity index is 2.18. The van der Waals surface area contributed by atoms with Gasteiger partial charge in [-0.25, -0.2) is 0 Å². The van der Waals surface area contributed by atoms with Crippen molar-refractivity contribution < 1.29 is 9.53 Å². The molecule has 0 aromatic carbocycles. The first-order chi connectivity index (χ1) is 8.24. The fourth-order valence-corrected chi connectivity index (χ4v) is 1.87. The van der Waals surface area contributed by atoms with Crippen LogP contribution in [0.3, 0.4) is 0 Å². The number of ether oxygens (including phenoxy) is 1. The highest BCUT2D eigenvalue weighted by Crippen LogP contribution is 2.18. The van der Waals surface area contributed by atoms with Gasteiger partial charge in [0.25, 0.3) is 5.91 Å². The minimum absolute atomic E-state index is 0.0958. The van der Waals surface area contributed by atoms with Crippen LogP contribution in [-0.4, -0.2) is 42.1 Å². The van der Waals surface area contributed by atoms with Gasteiger partial charge in [-0.2, -0.15) is 0 Å². The molecule has 0 aliphatic carbocycles. The summed E-state index contributed by atoms with van der Waals surface area (Å²) < 4.78 is 5.27. The van der Waals surface area contributed by atoms with Gasteiger partial charge in [0.05, 0.1) is 23.9 Å². The van der Waals surface area contributed by atoms with Gasteiger partial charge < -0.3 is 15.1 Å². The van der Waals surface area contributed by atoms with E-state index in [1.165, 1.54) is 6.20 Å². The number of carbonyl (C=O) groups excluding carboxylic acids is 1. The van der Waals surface area contributed by atoms with Crippen LogP contribution in [0.1, 0.15) is 16.8 Å². The maximum Gasteiger partial charge on any atom is 0.257 e. The smallest absolute Gasteiger partial charge is 0.257 e. The highest BCUT2D eigenvalue weighted by molar-refractivity contribution is 5.99. The second-order valence-electron chi connectivity index (χ2n) is 4.00. The van der Waals surface area contributed by atoms with E-state index in [4.69, 9.17) is 10.6 Å². The summed E-state index contributed by atoms with van der Waals surface area (Å²) in [4.78, 5) is 17.9. The number of nitrogen functional groups attached to an aromatic ring is 1. The van der Waals surface area contributed by atoms with Gasteiger partial charge >= 0.3 is 0 Å². The lowest BCUT2D eigenvalue weighted by Gasteiger charge is -2.23. The van der Waals surface area contributed by atoms with Gasteiger partial charge in [-0.3, -0.25) is 15.6 Å². The number of likely N-dealkylation sites (N-methyl/N-ethyl adjacent to an activating group) is 1. The molecule has 0 radical (unpaired) electrons. The average molecular weight is 236 g/mol. The molecule has 0 spiro atoms. The Morgan fingerprint density at radius 1 is 1.71 bits per heavy atom. The molecule has 6 nitrogen and oxygen atoms in total. The predicted octanol–water partition coefficient (Wildman–Crippen LogP) is 0.228. The summed E-state index contributed by atoms with van der Waals surface area (Å²) in [5.41, 5.74) is 3.56. The Hall–Kier alpha value is -1.66. The molecular formula is C11H16N4O2. The molecule has 0 bridgehead atoms. The molecule has 1 saturated heterocycles. The molecule has 1 aromatic rings. The highest BCUT2D eigenvalue weighted by Gasteiger charge is 2.26. The van der Waals surface area contributed by atoms with E-state index >= 15 is 0 Å². The van der Waals surface area contributed by atoms with Crippen molar-refractivity contribution in [3.05, 3.63) is 24.0 Å². The number of hydrazine groups is 1. The lowest BCUT2D eigenvalue weighted by Crippen LogP contribution is -2.37. The fraction of sp³-hybridized carbons (Fsp3) is 0.455. The number of amides is 1. The minimum atomic E-state index is -0.0958. The molecule has 1 aromatic heterocycles. The van der Waals surface area contributed by atoms with Crippen LogP contribution < -0.4 is 11.3 Å². The standard InChI is InChI=1S/C11H16N4O2/c1-15(8-3-5-17-7-8)11(16)9-6-13-4-2-10(9)14-12/h2,4,6,8H,3,5,7,12H2,1H3,(H,13,14). The Morgan fingerprint density at radius 3 is 3.18 bits per heavy atom. The number of nitrogens with zero attached hydrogens (tertiary/aromatic N) is 2. The average Bonchev–Trinajstić information content (AvgIpc) is 2.90. The summed E-state index contributed by atoms with van der Waals surface area (Å²) in [5, 5.41) is 0. The Kier molecular flexibility index (Phi) is 3.55. The molecular weight excluding hydrogens is 220 g/mol. The number of nitrogens with one attached hydrogen (secondary N) is 1. The van der Waals surface area contributed by atoms with Gasteiger partial charge in [-0.1, -0.05) is 0 Å². The molecule has 2 heterocycles. The Bertz CT molecular complexity index is 404. The summed E-state index contributed by atoms with van der Waals surface area (Å²) in [7, 11) is 1.77. The number of pyridine rings is 1. The number of rotatable bonds is 3. The van der Waals surface area contributed by atoms with Gasteiger partial charge in [0.15, 0.2) is 0 Å². The van der Waals surface area contributed by atoms with Crippen molar-refractivity contribution in [3.63, 3.8) is 0 Å². The summed E-state index contributed by atoms with van der Waals surface area (Å²) in [6.07, 6.45) is 3.97. The normalized spacial score (nSPS) is 19.1. The van der Waals surface area contributed by atoms with Crippen molar-refractivity contribution in [1.82, 2.24) is 9.88 Å². The molecule has 0 saturated carbocycles. The molecule has 1 amide bonds. The van der Waals surface area contributed by atoms with Crippen LogP contribution in [0.5, 0.6) is 0 Å². The predicted molar refractivity (Wildman–Crippen MR) is 63.4 cm³/mol. The van der Waals surface area contributed by atoms with Gasteiger partial charge in [0.2, 0.25) is 0 Å². The molecule has 1 unspecified atom stereocenters. The molecule has 17 heavy (non-hydrogen) atoms. The molecule has 2 rings (SSSR count). The third-order valence-corrected chi connectivity index (χ3v) is 2.98. The van der Waals surface area contributed by atoms with Crippen molar-refractivity contribution >= 4 is 11.6 Å². The van der Waals surface area contributed by atoms with E-state index in [0.717, 1.165) is 6.42 Å². The molecule has 1 aliphatic heterocycles. The molecule has 3 N–H and O–H groups in total. The van der Waals surface area contributed by atoms with E-state index in [0.29, 0.717) is 24.5 Å². The highest BCUT2D eigenvalue weighted by atomic mass is 16.5. The molecule has 1 fully saturated rings. The van der Waals surface area contributed by atoms with Crippen LogP contribution in [0.4, 0.5) is 5.69 Å². The van der Waals surface area contributed by atoms with E-state index < -0.39 is 0 Å². The third-order valence-electron chi connectivity index (χ3n) is 2.98. The van der Waals surface area contributed by atoms with Crippen LogP contribution in [0.25, 0.3) is 0 Å². The summed E-state index contributed by atoms with van der Waals surface area (Å²) in [5.74, 6) is 5.27. The van der Waals surface area contributed by atoms with Crippen molar-refractivity contribution in [2.45, 2.75) is 12.5 Å². The zero-order valence-corrected chi connectivity index (χ0v) is 9.72. The number of carbonyl (C=O) groups is 1.